The van der Waals surface area contributed by atoms with Crippen molar-refractivity contribution in [2.24, 2.45) is 11.3 Å². The Hall–Kier alpha value is -1.46. The standard InChI is InChI=1S/C21H29FN2O2/c22-19-11-17(20(25)23-26)10-16-5-9-24(14-18(16)19)13-15-4-8-21(12-15)6-2-1-3-7-21/h10-11,15,26H,1-9,12-14H2,(H,23,25). The van der Waals surface area contributed by atoms with Crippen molar-refractivity contribution in [1.82, 2.24) is 10.4 Å². The third kappa shape index (κ3) is 3.52. The highest BCUT2D eigenvalue weighted by Crippen LogP contribution is 2.51. The molecular weight excluding hydrogens is 331 g/mol. The fourth-order valence-corrected chi connectivity index (χ4v) is 5.63. The molecule has 2 saturated carbocycles. The van der Waals surface area contributed by atoms with Gasteiger partial charge in [-0.15, -0.1) is 0 Å². The summed E-state index contributed by atoms with van der Waals surface area (Å²) < 4.78 is 14.5. The number of benzene rings is 1. The summed E-state index contributed by atoms with van der Waals surface area (Å²) in [6.45, 7) is 2.62. The molecule has 4 rings (SSSR count). The van der Waals surface area contributed by atoms with Gasteiger partial charge < -0.3 is 0 Å². The Morgan fingerprint density at radius 2 is 2.08 bits per heavy atom. The van der Waals surface area contributed by atoms with E-state index in [-0.39, 0.29) is 11.4 Å². The minimum Gasteiger partial charge on any atom is -0.298 e. The molecule has 0 bridgehead atoms. The zero-order valence-corrected chi connectivity index (χ0v) is 15.4. The molecule has 2 aliphatic carbocycles. The number of halogens is 1. The molecule has 0 saturated heterocycles. The van der Waals surface area contributed by atoms with Gasteiger partial charge in [-0.3, -0.25) is 14.9 Å². The third-order valence-corrected chi connectivity index (χ3v) is 6.97. The molecule has 1 aromatic carbocycles. The summed E-state index contributed by atoms with van der Waals surface area (Å²) in [6.07, 6.45) is 11.9. The average Bonchev–Trinajstić information content (AvgIpc) is 3.03. The molecule has 1 spiro atoms. The molecule has 1 unspecified atom stereocenters. The predicted molar refractivity (Wildman–Crippen MR) is 97.5 cm³/mol. The maximum atomic E-state index is 14.5. The quantitative estimate of drug-likeness (QED) is 0.631. The van der Waals surface area contributed by atoms with E-state index in [1.165, 1.54) is 57.4 Å². The van der Waals surface area contributed by atoms with Gasteiger partial charge >= 0.3 is 0 Å². The Kier molecular flexibility index (Phi) is 5.02. The fourth-order valence-electron chi connectivity index (χ4n) is 5.63. The van der Waals surface area contributed by atoms with Crippen molar-refractivity contribution < 1.29 is 14.4 Å². The van der Waals surface area contributed by atoms with Crippen LogP contribution in [0, 0.1) is 17.2 Å². The maximum Gasteiger partial charge on any atom is 0.274 e. The normalized spacial score (nSPS) is 25.2. The van der Waals surface area contributed by atoms with Crippen molar-refractivity contribution in [2.45, 2.75) is 64.3 Å². The summed E-state index contributed by atoms with van der Waals surface area (Å²) in [5.41, 5.74) is 4.01. The van der Waals surface area contributed by atoms with Gasteiger partial charge in [0.05, 0.1) is 0 Å². The van der Waals surface area contributed by atoms with Crippen LogP contribution in [-0.4, -0.2) is 29.1 Å². The van der Waals surface area contributed by atoms with Crippen molar-refractivity contribution in [3.8, 4) is 0 Å². The van der Waals surface area contributed by atoms with Crippen LogP contribution in [0.15, 0.2) is 12.1 Å². The van der Waals surface area contributed by atoms with E-state index in [2.05, 4.69) is 4.90 Å². The van der Waals surface area contributed by atoms with Crippen molar-refractivity contribution in [2.75, 3.05) is 13.1 Å². The van der Waals surface area contributed by atoms with Gasteiger partial charge in [0.15, 0.2) is 0 Å². The van der Waals surface area contributed by atoms with Crippen molar-refractivity contribution in [3.63, 3.8) is 0 Å². The van der Waals surface area contributed by atoms with Crippen LogP contribution in [0.3, 0.4) is 0 Å². The predicted octanol–water partition coefficient (Wildman–Crippen LogP) is 4.05. The average molecular weight is 360 g/mol. The highest BCUT2D eigenvalue weighted by molar-refractivity contribution is 5.93. The van der Waals surface area contributed by atoms with Crippen LogP contribution >= 0.6 is 0 Å². The van der Waals surface area contributed by atoms with Crippen LogP contribution in [0.5, 0.6) is 0 Å². The zero-order valence-electron chi connectivity index (χ0n) is 15.4. The molecular formula is C21H29FN2O2. The lowest BCUT2D eigenvalue weighted by Crippen LogP contribution is -2.35. The van der Waals surface area contributed by atoms with Gasteiger partial charge in [0.2, 0.25) is 0 Å². The number of nitrogens with one attached hydrogen (secondary N) is 1. The highest BCUT2D eigenvalue weighted by Gasteiger charge is 2.40. The smallest absolute Gasteiger partial charge is 0.274 e. The number of carbonyl (C=O) groups is 1. The first kappa shape index (κ1) is 17.9. The fraction of sp³-hybridized carbons (Fsp3) is 0.667. The van der Waals surface area contributed by atoms with E-state index in [9.17, 15) is 9.18 Å². The molecule has 1 aromatic rings. The number of rotatable bonds is 3. The second kappa shape index (κ2) is 7.28. The Balaban J connectivity index is 1.40. The topological polar surface area (TPSA) is 52.6 Å². The van der Waals surface area contributed by atoms with Crippen LogP contribution < -0.4 is 5.48 Å². The molecule has 5 heteroatoms. The Bertz CT molecular complexity index is 685. The SMILES string of the molecule is O=C(NO)c1cc(F)c2c(c1)CCN(CC1CCC3(CCCCC3)C1)C2. The number of amides is 1. The molecule has 1 aliphatic heterocycles. The lowest BCUT2D eigenvalue weighted by Gasteiger charge is -2.35. The number of hydroxylamine groups is 1. The molecule has 142 valence electrons. The molecule has 4 nitrogen and oxygen atoms in total. The van der Waals surface area contributed by atoms with Crippen LogP contribution in [-0.2, 0) is 13.0 Å². The van der Waals surface area contributed by atoms with Crippen molar-refractivity contribution in [1.29, 1.82) is 0 Å². The molecule has 0 aromatic heterocycles. The summed E-state index contributed by atoms with van der Waals surface area (Å²) >= 11 is 0. The van der Waals surface area contributed by atoms with E-state index in [0.717, 1.165) is 36.6 Å². The Morgan fingerprint density at radius 3 is 2.85 bits per heavy atom. The second-order valence-electron chi connectivity index (χ2n) is 8.69. The highest BCUT2D eigenvalue weighted by atomic mass is 19.1. The monoisotopic (exact) mass is 360 g/mol. The minimum atomic E-state index is -0.655. The number of carbonyl (C=O) groups excluding carboxylic acids is 1. The first-order valence-electron chi connectivity index (χ1n) is 10.1. The van der Waals surface area contributed by atoms with E-state index in [1.54, 1.807) is 11.5 Å². The van der Waals surface area contributed by atoms with E-state index >= 15 is 0 Å². The second-order valence-corrected chi connectivity index (χ2v) is 8.69. The van der Waals surface area contributed by atoms with E-state index in [4.69, 9.17) is 5.21 Å². The summed E-state index contributed by atoms with van der Waals surface area (Å²) in [7, 11) is 0. The molecule has 2 N–H and O–H groups in total. The zero-order chi connectivity index (χ0) is 18.1. The summed E-state index contributed by atoms with van der Waals surface area (Å²) in [5, 5.41) is 8.76. The van der Waals surface area contributed by atoms with Crippen molar-refractivity contribution in [3.05, 3.63) is 34.6 Å². The number of hydrogen-bond donors (Lipinski definition) is 2. The van der Waals surface area contributed by atoms with E-state index in [0.29, 0.717) is 12.0 Å². The molecule has 1 atom stereocenters. The van der Waals surface area contributed by atoms with Gasteiger partial charge in [0, 0.05) is 30.8 Å². The molecule has 0 radical (unpaired) electrons. The van der Waals surface area contributed by atoms with Crippen LogP contribution in [0.4, 0.5) is 4.39 Å². The first-order valence-corrected chi connectivity index (χ1v) is 10.1. The van der Waals surface area contributed by atoms with Crippen LogP contribution in [0.2, 0.25) is 0 Å². The molecule has 26 heavy (non-hydrogen) atoms. The number of fused-ring (bicyclic) bond motifs is 1. The van der Waals surface area contributed by atoms with Gasteiger partial charge in [0.1, 0.15) is 5.82 Å². The summed E-state index contributed by atoms with van der Waals surface area (Å²) in [6, 6.07) is 2.95. The maximum absolute atomic E-state index is 14.5. The Morgan fingerprint density at radius 1 is 1.27 bits per heavy atom. The largest absolute Gasteiger partial charge is 0.298 e. The molecule has 2 fully saturated rings. The van der Waals surface area contributed by atoms with Gasteiger partial charge in [-0.2, -0.15) is 0 Å². The third-order valence-electron chi connectivity index (χ3n) is 6.97. The number of nitrogens with zero attached hydrogens (tertiary/aromatic N) is 1. The van der Waals surface area contributed by atoms with Gasteiger partial charge in [0.25, 0.3) is 5.91 Å². The minimum absolute atomic E-state index is 0.187. The lowest BCUT2D eigenvalue weighted by molar-refractivity contribution is 0.0705. The van der Waals surface area contributed by atoms with Crippen LogP contribution in [0.25, 0.3) is 0 Å². The lowest BCUT2D eigenvalue weighted by atomic mass is 9.72. The van der Waals surface area contributed by atoms with E-state index < -0.39 is 5.91 Å². The van der Waals surface area contributed by atoms with Gasteiger partial charge in [-0.25, -0.2) is 9.87 Å². The van der Waals surface area contributed by atoms with Crippen molar-refractivity contribution >= 4 is 5.91 Å². The molecule has 1 amide bonds. The van der Waals surface area contributed by atoms with E-state index in [1.807, 2.05) is 0 Å². The number of hydrogen-bond acceptors (Lipinski definition) is 3. The summed E-state index contributed by atoms with van der Waals surface area (Å²) in [5.74, 6) is -0.240. The molecule has 3 aliphatic rings. The van der Waals surface area contributed by atoms with Gasteiger partial charge in [-0.05, 0) is 67.6 Å². The van der Waals surface area contributed by atoms with Crippen LogP contribution in [0.1, 0.15) is 72.9 Å². The molecule has 1 heterocycles. The van der Waals surface area contributed by atoms with Gasteiger partial charge in [-0.1, -0.05) is 19.3 Å². The Labute approximate surface area is 154 Å². The summed E-state index contributed by atoms with van der Waals surface area (Å²) in [4.78, 5) is 13.9. The first-order chi connectivity index (χ1) is 12.6.